The van der Waals surface area contributed by atoms with Crippen molar-refractivity contribution < 1.29 is 17.9 Å². The first-order valence-corrected chi connectivity index (χ1v) is 7.41. The van der Waals surface area contributed by atoms with Crippen LogP contribution in [-0.4, -0.2) is 42.3 Å². The standard InChI is InChI=1S/C16H19F3N2O/c1-22-13-4-5-15-14(8-13)11(9-20-15)7-12-3-2-6-21(12)10-16(17,18)19/h4-5,8-9,12,20H,2-3,6-7,10H2,1H3. The Bertz CT molecular complexity index is 650. The van der Waals surface area contributed by atoms with Crippen molar-refractivity contribution in [3.63, 3.8) is 0 Å². The third kappa shape index (κ3) is 3.21. The van der Waals surface area contributed by atoms with Crippen molar-refractivity contribution >= 4 is 10.9 Å². The highest BCUT2D eigenvalue weighted by molar-refractivity contribution is 5.84. The van der Waals surface area contributed by atoms with E-state index in [1.54, 1.807) is 12.0 Å². The van der Waals surface area contributed by atoms with E-state index in [1.165, 1.54) is 0 Å². The average molecular weight is 312 g/mol. The monoisotopic (exact) mass is 312 g/mol. The number of hydrogen-bond acceptors (Lipinski definition) is 2. The first-order valence-electron chi connectivity index (χ1n) is 7.41. The number of rotatable bonds is 4. The van der Waals surface area contributed by atoms with Crippen molar-refractivity contribution in [2.24, 2.45) is 0 Å². The Morgan fingerprint density at radius 2 is 2.18 bits per heavy atom. The molecule has 3 nitrogen and oxygen atoms in total. The zero-order chi connectivity index (χ0) is 15.7. The van der Waals surface area contributed by atoms with Crippen molar-refractivity contribution in [2.45, 2.75) is 31.5 Å². The summed E-state index contributed by atoms with van der Waals surface area (Å²) in [5, 5.41) is 1.03. The molecule has 1 saturated heterocycles. The van der Waals surface area contributed by atoms with Gasteiger partial charge in [-0.25, -0.2) is 0 Å². The molecular weight excluding hydrogens is 293 g/mol. The SMILES string of the molecule is COc1ccc2[nH]cc(CC3CCCN3CC(F)(F)F)c2c1. The Hall–Kier alpha value is -1.69. The normalized spacial score (nSPS) is 19.9. The van der Waals surface area contributed by atoms with Crippen LogP contribution in [0.25, 0.3) is 10.9 Å². The summed E-state index contributed by atoms with van der Waals surface area (Å²) in [7, 11) is 1.61. The van der Waals surface area contributed by atoms with Crippen molar-refractivity contribution in [1.82, 2.24) is 9.88 Å². The molecule has 0 amide bonds. The second-order valence-electron chi connectivity index (χ2n) is 5.81. The molecule has 1 N–H and O–H groups in total. The number of halogens is 3. The molecule has 0 aliphatic carbocycles. The second kappa shape index (κ2) is 5.83. The van der Waals surface area contributed by atoms with Gasteiger partial charge in [0.1, 0.15) is 5.75 Å². The summed E-state index contributed by atoms with van der Waals surface area (Å²) in [6.07, 6.45) is 0.0304. The van der Waals surface area contributed by atoms with E-state index in [0.29, 0.717) is 13.0 Å². The Balaban J connectivity index is 1.80. The van der Waals surface area contributed by atoms with Crippen LogP contribution in [0.5, 0.6) is 5.75 Å². The maximum Gasteiger partial charge on any atom is 0.401 e. The van der Waals surface area contributed by atoms with E-state index in [0.717, 1.165) is 35.1 Å². The highest BCUT2D eigenvalue weighted by atomic mass is 19.4. The van der Waals surface area contributed by atoms with E-state index in [1.807, 2.05) is 24.4 Å². The van der Waals surface area contributed by atoms with Gasteiger partial charge in [0.2, 0.25) is 0 Å². The van der Waals surface area contributed by atoms with Crippen molar-refractivity contribution in [3.8, 4) is 5.75 Å². The summed E-state index contributed by atoms with van der Waals surface area (Å²) in [5.74, 6) is 0.756. The predicted octanol–water partition coefficient (Wildman–Crippen LogP) is 3.75. The van der Waals surface area contributed by atoms with E-state index in [-0.39, 0.29) is 6.04 Å². The minimum Gasteiger partial charge on any atom is -0.497 e. The molecule has 0 radical (unpaired) electrons. The molecule has 120 valence electrons. The van der Waals surface area contributed by atoms with Gasteiger partial charge in [0.15, 0.2) is 0 Å². The van der Waals surface area contributed by atoms with Crippen molar-refractivity contribution in [3.05, 3.63) is 30.0 Å². The molecule has 1 aromatic carbocycles. The van der Waals surface area contributed by atoms with Crippen LogP contribution in [0.1, 0.15) is 18.4 Å². The van der Waals surface area contributed by atoms with Gasteiger partial charge in [-0.2, -0.15) is 13.2 Å². The maximum atomic E-state index is 12.6. The fraction of sp³-hybridized carbons (Fsp3) is 0.500. The lowest BCUT2D eigenvalue weighted by molar-refractivity contribution is -0.147. The number of benzene rings is 1. The largest absolute Gasteiger partial charge is 0.497 e. The number of fused-ring (bicyclic) bond motifs is 1. The number of nitrogens with one attached hydrogen (secondary N) is 1. The van der Waals surface area contributed by atoms with Gasteiger partial charge >= 0.3 is 6.18 Å². The lowest BCUT2D eigenvalue weighted by Crippen LogP contribution is -2.38. The lowest BCUT2D eigenvalue weighted by Gasteiger charge is -2.25. The van der Waals surface area contributed by atoms with Gasteiger partial charge in [-0.05, 0) is 49.6 Å². The van der Waals surface area contributed by atoms with E-state index in [2.05, 4.69) is 4.98 Å². The predicted molar refractivity (Wildman–Crippen MR) is 79.2 cm³/mol. The topological polar surface area (TPSA) is 28.3 Å². The van der Waals surface area contributed by atoms with Gasteiger partial charge in [-0.1, -0.05) is 0 Å². The van der Waals surface area contributed by atoms with Gasteiger partial charge in [-0.3, -0.25) is 4.90 Å². The molecule has 1 aromatic heterocycles. The molecule has 1 aliphatic heterocycles. The molecule has 0 saturated carbocycles. The molecule has 22 heavy (non-hydrogen) atoms. The van der Waals surface area contributed by atoms with Crippen LogP contribution < -0.4 is 4.74 Å². The van der Waals surface area contributed by atoms with Crippen molar-refractivity contribution in [1.29, 1.82) is 0 Å². The molecule has 0 bridgehead atoms. The molecule has 1 atom stereocenters. The molecule has 3 rings (SSSR count). The minimum atomic E-state index is -4.13. The van der Waals surface area contributed by atoms with Crippen LogP contribution >= 0.6 is 0 Å². The van der Waals surface area contributed by atoms with Crippen LogP contribution in [0.4, 0.5) is 13.2 Å². The van der Waals surface area contributed by atoms with Crippen LogP contribution in [0, 0.1) is 0 Å². The van der Waals surface area contributed by atoms with Gasteiger partial charge in [0.25, 0.3) is 0 Å². The smallest absolute Gasteiger partial charge is 0.401 e. The number of aromatic nitrogens is 1. The lowest BCUT2D eigenvalue weighted by atomic mass is 10.0. The van der Waals surface area contributed by atoms with Crippen LogP contribution in [0.15, 0.2) is 24.4 Å². The number of methoxy groups -OCH3 is 1. The van der Waals surface area contributed by atoms with Gasteiger partial charge in [-0.15, -0.1) is 0 Å². The van der Waals surface area contributed by atoms with E-state index < -0.39 is 12.7 Å². The van der Waals surface area contributed by atoms with Crippen LogP contribution in [0.2, 0.25) is 0 Å². The zero-order valence-electron chi connectivity index (χ0n) is 12.4. The number of aromatic amines is 1. The first kappa shape index (κ1) is 15.2. The Morgan fingerprint density at radius 3 is 2.91 bits per heavy atom. The minimum absolute atomic E-state index is 0.0492. The Morgan fingerprint density at radius 1 is 1.36 bits per heavy atom. The van der Waals surface area contributed by atoms with Crippen molar-refractivity contribution in [2.75, 3.05) is 20.2 Å². The number of likely N-dealkylation sites (tertiary alicyclic amines) is 1. The highest BCUT2D eigenvalue weighted by Gasteiger charge is 2.36. The Labute approximate surface area is 127 Å². The number of H-pyrrole nitrogens is 1. The molecule has 1 aliphatic rings. The van der Waals surface area contributed by atoms with Crippen LogP contribution in [-0.2, 0) is 6.42 Å². The summed E-state index contributed by atoms with van der Waals surface area (Å²) in [4.78, 5) is 4.73. The van der Waals surface area contributed by atoms with Gasteiger partial charge in [0.05, 0.1) is 13.7 Å². The molecule has 1 unspecified atom stereocenters. The molecule has 2 heterocycles. The summed E-state index contributed by atoms with van der Waals surface area (Å²) in [6, 6.07) is 5.69. The number of nitrogens with zero attached hydrogens (tertiary/aromatic N) is 1. The van der Waals surface area contributed by atoms with E-state index >= 15 is 0 Å². The fourth-order valence-corrected chi connectivity index (χ4v) is 3.27. The average Bonchev–Trinajstić information content (AvgIpc) is 3.05. The number of alkyl halides is 3. The molecule has 0 spiro atoms. The maximum absolute atomic E-state index is 12.6. The molecule has 2 aromatic rings. The third-order valence-electron chi connectivity index (χ3n) is 4.31. The summed E-state index contributed by atoms with van der Waals surface area (Å²) < 4.78 is 43.2. The van der Waals surface area contributed by atoms with E-state index in [9.17, 15) is 13.2 Å². The highest BCUT2D eigenvalue weighted by Crippen LogP contribution is 2.29. The summed E-state index contributed by atoms with van der Waals surface area (Å²) >= 11 is 0. The summed E-state index contributed by atoms with van der Waals surface area (Å²) in [5.41, 5.74) is 2.03. The second-order valence-corrected chi connectivity index (χ2v) is 5.81. The quantitative estimate of drug-likeness (QED) is 0.931. The third-order valence-corrected chi connectivity index (χ3v) is 4.31. The number of hydrogen-bond donors (Lipinski definition) is 1. The molecule has 1 fully saturated rings. The summed E-state index contributed by atoms with van der Waals surface area (Å²) in [6.45, 7) is -0.292. The first-order chi connectivity index (χ1) is 10.5. The Kier molecular flexibility index (Phi) is 4.04. The van der Waals surface area contributed by atoms with Gasteiger partial charge < -0.3 is 9.72 Å². The zero-order valence-corrected chi connectivity index (χ0v) is 12.4. The molecular formula is C16H19F3N2O. The number of ether oxygens (including phenoxy) is 1. The van der Waals surface area contributed by atoms with E-state index in [4.69, 9.17) is 4.74 Å². The molecule has 6 heteroatoms. The van der Waals surface area contributed by atoms with Crippen LogP contribution in [0.3, 0.4) is 0 Å². The fourth-order valence-electron chi connectivity index (χ4n) is 3.27. The van der Waals surface area contributed by atoms with Gasteiger partial charge in [0, 0.05) is 23.1 Å².